The van der Waals surface area contributed by atoms with E-state index in [1.807, 2.05) is 18.2 Å². The number of rotatable bonds is 3. The van der Waals surface area contributed by atoms with E-state index in [1.165, 1.54) is 15.7 Å². The molecule has 5 rings (SSSR count). The summed E-state index contributed by atoms with van der Waals surface area (Å²) >= 11 is 3.34. The van der Waals surface area contributed by atoms with Gasteiger partial charge < -0.3 is 20.9 Å². The van der Waals surface area contributed by atoms with Gasteiger partial charge in [0.25, 0.3) is 0 Å². The van der Waals surface area contributed by atoms with Crippen molar-refractivity contribution in [2.24, 2.45) is 5.73 Å². The maximum Gasteiger partial charge on any atom is 0.323 e. The van der Waals surface area contributed by atoms with Gasteiger partial charge in [-0.15, -0.1) is 0 Å². The number of aromatic nitrogens is 4. The Bertz CT molecular complexity index is 1370. The third-order valence-corrected chi connectivity index (χ3v) is 6.05. The number of halogens is 2. The highest BCUT2D eigenvalue weighted by molar-refractivity contribution is 9.10. The number of hydrogen-bond donors (Lipinski definition) is 3. The van der Waals surface area contributed by atoms with Crippen LogP contribution >= 0.6 is 15.9 Å². The zero-order valence-electron chi connectivity index (χ0n) is 17.2. The molecular formula is C22H19BrFN7O2. The van der Waals surface area contributed by atoms with Crippen LogP contribution in [0.25, 0.3) is 22.3 Å². The molecule has 4 heterocycles. The number of carbonyl (C=O) groups excluding carboxylic acids is 2. The minimum absolute atomic E-state index is 0.0733. The molecule has 0 spiro atoms. The van der Waals surface area contributed by atoms with Gasteiger partial charge in [-0.3, -0.25) is 4.57 Å². The van der Waals surface area contributed by atoms with Gasteiger partial charge in [-0.25, -0.2) is 23.9 Å². The van der Waals surface area contributed by atoms with E-state index in [-0.39, 0.29) is 13.0 Å². The minimum Gasteiger partial charge on any atom is -0.351 e. The summed E-state index contributed by atoms with van der Waals surface area (Å²) in [4.78, 5) is 38.3. The van der Waals surface area contributed by atoms with Crippen molar-refractivity contribution >= 4 is 44.6 Å². The minimum atomic E-state index is -1.19. The van der Waals surface area contributed by atoms with Crippen LogP contribution in [0.4, 0.5) is 19.7 Å². The number of amides is 3. The zero-order chi connectivity index (χ0) is 23.1. The quantitative estimate of drug-likeness (QED) is 0.352. The number of hydrogen-bond acceptors (Lipinski definition) is 4. The monoisotopic (exact) mass is 511 g/mol. The predicted octanol–water partition coefficient (Wildman–Crippen LogP) is 4.43. The van der Waals surface area contributed by atoms with Crippen LogP contribution in [-0.4, -0.2) is 49.2 Å². The fourth-order valence-electron chi connectivity index (χ4n) is 4.11. The number of H-pyrrole nitrogens is 1. The lowest BCUT2D eigenvalue weighted by atomic mass is 10.2. The van der Waals surface area contributed by atoms with E-state index in [2.05, 4.69) is 36.2 Å². The molecule has 11 heteroatoms. The second-order valence-corrected chi connectivity index (χ2v) is 8.54. The molecule has 0 aliphatic carbocycles. The molecule has 0 bridgehead atoms. The van der Waals surface area contributed by atoms with Gasteiger partial charge in [0.15, 0.2) is 0 Å². The Morgan fingerprint density at radius 3 is 2.82 bits per heavy atom. The summed E-state index contributed by atoms with van der Waals surface area (Å²) in [6.45, 7) is -0.0733. The first kappa shape index (κ1) is 21.1. The van der Waals surface area contributed by atoms with E-state index in [4.69, 9.17) is 5.73 Å². The van der Waals surface area contributed by atoms with Crippen LogP contribution in [0.1, 0.15) is 18.3 Å². The maximum atomic E-state index is 14.4. The Morgan fingerprint density at radius 2 is 2.03 bits per heavy atom. The van der Waals surface area contributed by atoms with Gasteiger partial charge >= 0.3 is 12.1 Å². The van der Waals surface area contributed by atoms with Crippen molar-refractivity contribution in [3.8, 4) is 11.4 Å². The number of primary amides is 1. The zero-order valence-corrected chi connectivity index (χ0v) is 18.8. The SMILES string of the molecule is NC(=O)n1cc(NC(=O)N2C[C@H](F)C[C@H]2c2ncc(-c3cccc(Br)n3)[nH]2)c2ccccc21. The number of alkyl halides is 1. The molecule has 1 fully saturated rings. The van der Waals surface area contributed by atoms with Crippen molar-refractivity contribution < 1.29 is 14.0 Å². The summed E-state index contributed by atoms with van der Waals surface area (Å²) in [6.07, 6.45) is 2.01. The van der Waals surface area contributed by atoms with Crippen LogP contribution in [-0.2, 0) is 0 Å². The molecule has 0 saturated carbocycles. The lowest BCUT2D eigenvalue weighted by Gasteiger charge is -2.23. The number of benzene rings is 1. The number of likely N-dealkylation sites (tertiary alicyclic amines) is 1. The van der Waals surface area contributed by atoms with Crippen molar-refractivity contribution in [2.45, 2.75) is 18.6 Å². The fourth-order valence-corrected chi connectivity index (χ4v) is 4.46. The first-order valence-electron chi connectivity index (χ1n) is 10.2. The van der Waals surface area contributed by atoms with Crippen LogP contribution in [0.15, 0.2) is 59.5 Å². The lowest BCUT2D eigenvalue weighted by Crippen LogP contribution is -2.35. The van der Waals surface area contributed by atoms with Crippen molar-refractivity contribution in [3.05, 3.63) is 65.3 Å². The topological polar surface area (TPSA) is 122 Å². The van der Waals surface area contributed by atoms with E-state index >= 15 is 0 Å². The molecule has 1 aromatic carbocycles. The normalized spacial score (nSPS) is 18.1. The smallest absolute Gasteiger partial charge is 0.323 e. The summed E-state index contributed by atoms with van der Waals surface area (Å²) in [5, 5.41) is 3.45. The molecule has 1 saturated heterocycles. The predicted molar refractivity (Wildman–Crippen MR) is 124 cm³/mol. The van der Waals surface area contributed by atoms with Gasteiger partial charge in [0.2, 0.25) is 0 Å². The van der Waals surface area contributed by atoms with Crippen LogP contribution < -0.4 is 11.1 Å². The van der Waals surface area contributed by atoms with Gasteiger partial charge in [-0.2, -0.15) is 0 Å². The molecule has 0 radical (unpaired) electrons. The highest BCUT2D eigenvalue weighted by Gasteiger charge is 2.38. The number of nitrogens with two attached hydrogens (primary N) is 1. The molecule has 33 heavy (non-hydrogen) atoms. The first-order chi connectivity index (χ1) is 15.9. The van der Waals surface area contributed by atoms with Crippen LogP contribution in [0.5, 0.6) is 0 Å². The molecule has 4 N–H and O–H groups in total. The summed E-state index contributed by atoms with van der Waals surface area (Å²) in [6, 6.07) is 10.8. The van der Waals surface area contributed by atoms with Crippen LogP contribution in [0.3, 0.4) is 0 Å². The summed E-state index contributed by atoms with van der Waals surface area (Å²) in [5.74, 6) is 0.474. The van der Waals surface area contributed by atoms with Gasteiger partial charge in [-0.1, -0.05) is 24.3 Å². The first-order valence-corrected chi connectivity index (χ1v) is 11.0. The summed E-state index contributed by atoms with van der Waals surface area (Å²) in [5.41, 5.74) is 7.77. The Morgan fingerprint density at radius 1 is 1.21 bits per heavy atom. The van der Waals surface area contributed by atoms with Gasteiger partial charge in [0.1, 0.15) is 16.6 Å². The molecule has 0 unspecified atom stereocenters. The third-order valence-electron chi connectivity index (χ3n) is 5.60. The second-order valence-electron chi connectivity index (χ2n) is 7.73. The van der Waals surface area contributed by atoms with E-state index in [1.54, 1.807) is 30.5 Å². The summed E-state index contributed by atoms with van der Waals surface area (Å²) < 4.78 is 16.3. The van der Waals surface area contributed by atoms with E-state index in [0.29, 0.717) is 38.4 Å². The largest absolute Gasteiger partial charge is 0.351 e. The number of aromatic amines is 1. The average Bonchev–Trinajstić information content (AvgIpc) is 3.51. The average molecular weight is 512 g/mol. The number of anilines is 1. The van der Waals surface area contributed by atoms with Gasteiger partial charge in [-0.05, 0) is 34.1 Å². The van der Waals surface area contributed by atoms with Gasteiger partial charge in [0, 0.05) is 18.0 Å². The van der Waals surface area contributed by atoms with E-state index in [0.717, 1.165) is 0 Å². The molecule has 9 nitrogen and oxygen atoms in total. The maximum absolute atomic E-state index is 14.4. The Hall–Kier alpha value is -3.73. The highest BCUT2D eigenvalue weighted by Crippen LogP contribution is 2.34. The number of urea groups is 1. The lowest BCUT2D eigenvalue weighted by molar-refractivity contribution is 0.202. The van der Waals surface area contributed by atoms with E-state index < -0.39 is 24.3 Å². The number of carbonyl (C=O) groups is 2. The summed E-state index contributed by atoms with van der Waals surface area (Å²) in [7, 11) is 0. The number of pyridine rings is 1. The number of nitrogens with zero attached hydrogens (tertiary/aromatic N) is 4. The van der Waals surface area contributed by atoms with Crippen molar-refractivity contribution in [1.29, 1.82) is 0 Å². The molecule has 1 aliphatic heterocycles. The molecule has 4 aromatic rings. The number of fused-ring (bicyclic) bond motifs is 1. The highest BCUT2D eigenvalue weighted by atomic mass is 79.9. The molecule has 3 aromatic heterocycles. The van der Waals surface area contributed by atoms with Crippen molar-refractivity contribution in [3.63, 3.8) is 0 Å². The fraction of sp³-hybridized carbons (Fsp3) is 0.182. The number of para-hydroxylation sites is 1. The number of nitrogens with one attached hydrogen (secondary N) is 2. The third kappa shape index (κ3) is 3.95. The molecule has 2 atom stereocenters. The standard InChI is InChI=1S/C22H19BrFN7O2/c23-19-7-3-5-14(27-19)15-9-26-20(28-15)18-8-12(24)10-31(18)22(33)29-16-11-30(21(25)32)17-6-2-1-4-13(16)17/h1-7,9,11-12,18H,8,10H2,(H2,25,32)(H,26,28)(H,29,33)/t12-,18+/m1/s1. The van der Waals surface area contributed by atoms with Crippen molar-refractivity contribution in [1.82, 2.24) is 24.4 Å². The van der Waals surface area contributed by atoms with Crippen LogP contribution in [0, 0.1) is 0 Å². The molecule has 168 valence electrons. The van der Waals surface area contributed by atoms with Crippen LogP contribution in [0.2, 0.25) is 0 Å². The molecule has 1 aliphatic rings. The Labute approximate surface area is 195 Å². The van der Waals surface area contributed by atoms with Gasteiger partial charge in [0.05, 0.1) is 41.4 Å². The Balaban J connectivity index is 1.42. The Kier molecular flexibility index (Phi) is 5.33. The second kappa shape index (κ2) is 8.32. The number of imidazole rings is 1. The molecular weight excluding hydrogens is 493 g/mol. The van der Waals surface area contributed by atoms with E-state index in [9.17, 15) is 14.0 Å². The van der Waals surface area contributed by atoms with Crippen molar-refractivity contribution in [2.75, 3.05) is 11.9 Å². The molecule has 3 amide bonds.